The first kappa shape index (κ1) is 23.9. The number of aryl methyl sites for hydroxylation is 2. The largest absolute Gasteiger partial charge is 0.493 e. The third-order valence-corrected chi connectivity index (χ3v) is 6.87. The molecule has 4 aromatic rings. The van der Waals surface area contributed by atoms with E-state index >= 15 is 0 Å². The van der Waals surface area contributed by atoms with Crippen LogP contribution >= 0.6 is 11.6 Å². The number of methoxy groups -OCH3 is 1. The molecule has 0 bridgehead atoms. The molecule has 0 spiro atoms. The van der Waals surface area contributed by atoms with E-state index in [9.17, 15) is 9.59 Å². The Morgan fingerprint density at radius 1 is 1.03 bits per heavy atom. The topological polar surface area (TPSA) is 69.0 Å². The van der Waals surface area contributed by atoms with Gasteiger partial charge in [0, 0.05) is 11.6 Å². The fraction of sp³-hybridized carbons (Fsp3) is 0.241. The van der Waals surface area contributed by atoms with E-state index in [0.29, 0.717) is 45.2 Å². The van der Waals surface area contributed by atoms with Gasteiger partial charge >= 0.3 is 0 Å². The Morgan fingerprint density at radius 2 is 1.81 bits per heavy atom. The molecule has 5 rings (SSSR count). The van der Waals surface area contributed by atoms with Crippen LogP contribution in [-0.4, -0.2) is 24.5 Å². The molecule has 6 nitrogen and oxygen atoms in total. The highest BCUT2D eigenvalue weighted by atomic mass is 35.5. The van der Waals surface area contributed by atoms with Gasteiger partial charge in [-0.25, -0.2) is 0 Å². The van der Waals surface area contributed by atoms with Gasteiger partial charge in [0.1, 0.15) is 5.58 Å². The molecule has 2 heterocycles. The Bertz CT molecular complexity index is 1560. The first-order valence-corrected chi connectivity index (χ1v) is 12.1. The van der Waals surface area contributed by atoms with Crippen molar-refractivity contribution in [1.82, 2.24) is 4.90 Å². The van der Waals surface area contributed by atoms with E-state index in [2.05, 4.69) is 0 Å². The molecule has 1 aromatic heterocycles. The summed E-state index contributed by atoms with van der Waals surface area (Å²) in [5, 5.41) is 1.00. The Morgan fingerprint density at radius 3 is 2.53 bits per heavy atom. The van der Waals surface area contributed by atoms with E-state index in [1.54, 1.807) is 24.1 Å². The number of carbonyl (C=O) groups excluding carboxylic acids is 1. The van der Waals surface area contributed by atoms with Crippen molar-refractivity contribution in [3.63, 3.8) is 0 Å². The van der Waals surface area contributed by atoms with Crippen LogP contribution in [0.2, 0.25) is 5.02 Å². The fourth-order valence-electron chi connectivity index (χ4n) is 4.92. The van der Waals surface area contributed by atoms with Gasteiger partial charge in [-0.1, -0.05) is 41.9 Å². The van der Waals surface area contributed by atoms with Crippen molar-refractivity contribution in [2.24, 2.45) is 0 Å². The van der Waals surface area contributed by atoms with Crippen LogP contribution in [0.1, 0.15) is 51.3 Å². The smallest absolute Gasteiger partial charge is 0.291 e. The number of ether oxygens (including phenoxy) is 2. The van der Waals surface area contributed by atoms with Crippen molar-refractivity contribution in [1.29, 1.82) is 0 Å². The number of nitrogens with zero attached hydrogens (tertiary/aromatic N) is 1. The van der Waals surface area contributed by atoms with E-state index in [4.69, 9.17) is 25.5 Å². The molecular formula is C29H26ClNO5. The Labute approximate surface area is 214 Å². The molecule has 1 amide bonds. The SMILES string of the molecule is CCOc1ccc(C2c3c(oc4c(C)cc(C)cc4c3=O)C(=O)N2Cc2ccccc2Cl)cc1OC. The number of hydrogen-bond acceptors (Lipinski definition) is 5. The average molecular weight is 504 g/mol. The average Bonchev–Trinajstić information content (AvgIpc) is 3.13. The van der Waals surface area contributed by atoms with Gasteiger partial charge in [-0.3, -0.25) is 9.59 Å². The molecule has 184 valence electrons. The van der Waals surface area contributed by atoms with Crippen LogP contribution in [0.5, 0.6) is 11.5 Å². The van der Waals surface area contributed by atoms with Gasteiger partial charge in [0.05, 0.1) is 30.7 Å². The number of carbonyl (C=O) groups is 1. The zero-order valence-corrected chi connectivity index (χ0v) is 21.3. The van der Waals surface area contributed by atoms with Crippen molar-refractivity contribution < 1.29 is 18.7 Å². The molecule has 0 radical (unpaired) electrons. The maximum absolute atomic E-state index is 13.9. The Balaban J connectivity index is 1.75. The van der Waals surface area contributed by atoms with Gasteiger partial charge in [-0.2, -0.15) is 0 Å². The molecule has 1 aliphatic rings. The number of hydrogen-bond donors (Lipinski definition) is 0. The first-order valence-electron chi connectivity index (χ1n) is 11.8. The van der Waals surface area contributed by atoms with Gasteiger partial charge in [0.2, 0.25) is 5.76 Å². The fourth-order valence-corrected chi connectivity index (χ4v) is 5.12. The molecule has 3 aromatic carbocycles. The minimum atomic E-state index is -0.685. The van der Waals surface area contributed by atoms with Crippen LogP contribution in [0.25, 0.3) is 11.0 Å². The number of benzene rings is 3. The molecule has 0 N–H and O–H groups in total. The summed E-state index contributed by atoms with van der Waals surface area (Å²) in [5.74, 6) is 0.804. The van der Waals surface area contributed by atoms with Crippen molar-refractivity contribution in [2.45, 2.75) is 33.4 Å². The molecule has 7 heteroatoms. The van der Waals surface area contributed by atoms with Gasteiger partial charge in [0.25, 0.3) is 5.91 Å². The van der Waals surface area contributed by atoms with Crippen molar-refractivity contribution in [3.05, 3.63) is 103 Å². The Kier molecular flexibility index (Phi) is 6.22. The predicted molar refractivity (Wildman–Crippen MR) is 139 cm³/mol. The van der Waals surface area contributed by atoms with Crippen molar-refractivity contribution in [3.8, 4) is 11.5 Å². The minimum Gasteiger partial charge on any atom is -0.493 e. The minimum absolute atomic E-state index is 0.0596. The first-order chi connectivity index (χ1) is 17.3. The Hall–Kier alpha value is -3.77. The molecule has 1 unspecified atom stereocenters. The highest BCUT2D eigenvalue weighted by molar-refractivity contribution is 6.31. The highest BCUT2D eigenvalue weighted by Gasteiger charge is 2.43. The van der Waals surface area contributed by atoms with Crippen molar-refractivity contribution >= 4 is 28.5 Å². The molecular weight excluding hydrogens is 478 g/mol. The molecule has 0 saturated heterocycles. The zero-order valence-electron chi connectivity index (χ0n) is 20.6. The summed E-state index contributed by atoms with van der Waals surface area (Å²) in [7, 11) is 1.56. The van der Waals surface area contributed by atoms with E-state index in [0.717, 1.165) is 16.7 Å². The summed E-state index contributed by atoms with van der Waals surface area (Å²) < 4.78 is 17.4. The van der Waals surface area contributed by atoms with E-state index < -0.39 is 6.04 Å². The van der Waals surface area contributed by atoms with Crippen LogP contribution in [0.15, 0.2) is 63.8 Å². The molecule has 1 aliphatic heterocycles. The lowest BCUT2D eigenvalue weighted by Gasteiger charge is -2.26. The summed E-state index contributed by atoms with van der Waals surface area (Å²) in [6, 6.07) is 15.9. The third-order valence-electron chi connectivity index (χ3n) is 6.50. The highest BCUT2D eigenvalue weighted by Crippen LogP contribution is 2.42. The quantitative estimate of drug-likeness (QED) is 0.312. The van der Waals surface area contributed by atoms with E-state index in [-0.39, 0.29) is 23.6 Å². The zero-order chi connectivity index (χ0) is 25.6. The molecule has 0 saturated carbocycles. The summed E-state index contributed by atoms with van der Waals surface area (Å²) in [4.78, 5) is 29.3. The van der Waals surface area contributed by atoms with E-state index in [1.807, 2.05) is 63.2 Å². The molecule has 1 atom stereocenters. The number of fused-ring (bicyclic) bond motifs is 2. The van der Waals surface area contributed by atoms with Crippen LogP contribution in [0.4, 0.5) is 0 Å². The lowest BCUT2D eigenvalue weighted by molar-refractivity contribution is 0.0714. The standard InChI is InChI=1S/C29H26ClNO5/c1-5-35-22-11-10-18(14-23(22)34-4)25-24-26(32)20-13-16(2)12-17(3)27(20)36-28(24)29(33)31(25)15-19-8-6-7-9-21(19)30/h6-14,25H,5,15H2,1-4H3. The molecule has 0 aliphatic carbocycles. The number of amides is 1. The lowest BCUT2D eigenvalue weighted by atomic mass is 9.96. The third kappa shape index (κ3) is 3.91. The van der Waals surface area contributed by atoms with Crippen molar-refractivity contribution in [2.75, 3.05) is 13.7 Å². The van der Waals surface area contributed by atoms with Crippen LogP contribution in [-0.2, 0) is 6.54 Å². The second-order valence-corrected chi connectivity index (χ2v) is 9.31. The van der Waals surface area contributed by atoms with Gasteiger partial charge in [0.15, 0.2) is 16.9 Å². The van der Waals surface area contributed by atoms with Gasteiger partial charge < -0.3 is 18.8 Å². The second-order valence-electron chi connectivity index (χ2n) is 8.90. The van der Waals surface area contributed by atoms with E-state index in [1.165, 1.54) is 0 Å². The second kappa shape index (κ2) is 9.36. The normalized spacial score (nSPS) is 14.9. The molecule has 36 heavy (non-hydrogen) atoms. The summed E-state index contributed by atoms with van der Waals surface area (Å²) >= 11 is 6.45. The van der Waals surface area contributed by atoms with Gasteiger partial charge in [-0.05, 0) is 67.3 Å². The predicted octanol–water partition coefficient (Wildman–Crippen LogP) is 6.22. The molecule has 0 fully saturated rings. The number of halogens is 1. The van der Waals surface area contributed by atoms with Crippen LogP contribution < -0.4 is 14.9 Å². The maximum atomic E-state index is 13.9. The van der Waals surface area contributed by atoms with Crippen LogP contribution in [0, 0.1) is 13.8 Å². The summed E-state index contributed by atoms with van der Waals surface area (Å²) in [6.07, 6.45) is 0. The lowest BCUT2D eigenvalue weighted by Crippen LogP contribution is -2.29. The monoisotopic (exact) mass is 503 g/mol. The van der Waals surface area contributed by atoms with Gasteiger partial charge in [-0.15, -0.1) is 0 Å². The van der Waals surface area contributed by atoms with Crippen LogP contribution in [0.3, 0.4) is 0 Å². The summed E-state index contributed by atoms with van der Waals surface area (Å²) in [5.41, 5.74) is 3.77. The number of rotatable bonds is 6. The summed E-state index contributed by atoms with van der Waals surface area (Å²) in [6.45, 7) is 6.39. The maximum Gasteiger partial charge on any atom is 0.291 e.